The Labute approximate surface area is 129 Å². The lowest BCUT2D eigenvalue weighted by molar-refractivity contribution is -0.133. The summed E-state index contributed by atoms with van der Waals surface area (Å²) in [6.07, 6.45) is 1.02. The molecule has 1 amide bonds. The summed E-state index contributed by atoms with van der Waals surface area (Å²) in [7, 11) is -3.68. The number of anilines is 1. The van der Waals surface area contributed by atoms with Crippen LogP contribution in [-0.4, -0.2) is 58.3 Å². The number of rotatable bonds is 4. The summed E-state index contributed by atoms with van der Waals surface area (Å²) >= 11 is 0. The summed E-state index contributed by atoms with van der Waals surface area (Å²) in [5.41, 5.74) is 0.428. The lowest BCUT2D eigenvalue weighted by Gasteiger charge is -2.30. The number of carbonyl (C=O) groups is 1. The number of sulfonamides is 1. The monoisotopic (exact) mass is 323 g/mol. The molecule has 0 atom stereocenters. The number of nitrogens with zero attached hydrogens (tertiary/aromatic N) is 3. The van der Waals surface area contributed by atoms with Crippen molar-refractivity contribution in [1.82, 2.24) is 4.90 Å². The van der Waals surface area contributed by atoms with Gasteiger partial charge in [-0.3, -0.25) is 9.10 Å². The Morgan fingerprint density at radius 2 is 2.00 bits per heavy atom. The highest BCUT2D eigenvalue weighted by Crippen LogP contribution is 2.22. The van der Waals surface area contributed by atoms with E-state index in [2.05, 4.69) is 0 Å². The van der Waals surface area contributed by atoms with Crippen LogP contribution < -0.4 is 4.31 Å². The largest absolute Gasteiger partial charge is 0.378 e. The highest BCUT2D eigenvalue weighted by Gasteiger charge is 2.26. The van der Waals surface area contributed by atoms with Crippen LogP contribution in [0, 0.1) is 11.3 Å². The van der Waals surface area contributed by atoms with Crippen LogP contribution in [0.5, 0.6) is 0 Å². The first-order chi connectivity index (χ1) is 10.4. The molecule has 0 saturated carbocycles. The van der Waals surface area contributed by atoms with Gasteiger partial charge in [0.25, 0.3) is 0 Å². The lowest BCUT2D eigenvalue weighted by atomic mass is 10.2. The Morgan fingerprint density at radius 3 is 2.59 bits per heavy atom. The van der Waals surface area contributed by atoms with Crippen molar-refractivity contribution in [3.05, 3.63) is 29.8 Å². The van der Waals surface area contributed by atoms with Gasteiger partial charge < -0.3 is 9.64 Å². The Hall–Kier alpha value is -2.11. The summed E-state index contributed by atoms with van der Waals surface area (Å²) in [6.45, 7) is 1.45. The van der Waals surface area contributed by atoms with Gasteiger partial charge in [-0.25, -0.2) is 8.42 Å². The average molecular weight is 323 g/mol. The fourth-order valence-corrected chi connectivity index (χ4v) is 3.06. The SMILES string of the molecule is CS(=O)(=O)N(CC(=O)N1CCOCC1)c1ccccc1C#N. The lowest BCUT2D eigenvalue weighted by Crippen LogP contribution is -2.47. The summed E-state index contributed by atoms with van der Waals surface area (Å²) in [5.74, 6) is -0.304. The third kappa shape index (κ3) is 3.75. The molecule has 1 fully saturated rings. The van der Waals surface area contributed by atoms with Gasteiger partial charge in [0.1, 0.15) is 12.6 Å². The molecule has 1 saturated heterocycles. The molecule has 8 heteroatoms. The number of para-hydroxylation sites is 1. The molecule has 0 spiro atoms. The highest BCUT2D eigenvalue weighted by atomic mass is 32.2. The minimum atomic E-state index is -3.68. The first-order valence-corrected chi connectivity index (χ1v) is 8.60. The second-order valence-corrected chi connectivity index (χ2v) is 6.80. The second kappa shape index (κ2) is 6.77. The minimum absolute atomic E-state index is 0.211. The summed E-state index contributed by atoms with van der Waals surface area (Å²) in [6, 6.07) is 8.27. The molecule has 22 heavy (non-hydrogen) atoms. The predicted octanol–water partition coefficient (Wildman–Crippen LogP) is 0.183. The van der Waals surface area contributed by atoms with Crippen molar-refractivity contribution in [2.24, 2.45) is 0 Å². The van der Waals surface area contributed by atoms with E-state index in [1.54, 1.807) is 17.0 Å². The molecule has 0 aromatic heterocycles. The zero-order valence-corrected chi connectivity index (χ0v) is 13.0. The Balaban J connectivity index is 2.28. The van der Waals surface area contributed by atoms with Crippen molar-refractivity contribution in [2.45, 2.75) is 0 Å². The van der Waals surface area contributed by atoms with Gasteiger partial charge in [-0.1, -0.05) is 12.1 Å². The maximum atomic E-state index is 12.3. The van der Waals surface area contributed by atoms with E-state index in [1.807, 2.05) is 6.07 Å². The first-order valence-electron chi connectivity index (χ1n) is 6.76. The van der Waals surface area contributed by atoms with Crippen LogP contribution in [0.15, 0.2) is 24.3 Å². The zero-order chi connectivity index (χ0) is 16.2. The molecule has 1 aromatic rings. The van der Waals surface area contributed by atoms with E-state index in [0.717, 1.165) is 10.6 Å². The van der Waals surface area contributed by atoms with Gasteiger partial charge in [0.05, 0.1) is 30.7 Å². The van der Waals surface area contributed by atoms with E-state index in [1.165, 1.54) is 12.1 Å². The minimum Gasteiger partial charge on any atom is -0.378 e. The molecular formula is C14H17N3O4S. The van der Waals surface area contributed by atoms with E-state index in [9.17, 15) is 13.2 Å². The third-order valence-electron chi connectivity index (χ3n) is 3.34. The van der Waals surface area contributed by atoms with Crippen LogP contribution >= 0.6 is 0 Å². The van der Waals surface area contributed by atoms with Gasteiger partial charge in [0, 0.05) is 13.1 Å². The summed E-state index contributed by atoms with van der Waals surface area (Å²) in [5, 5.41) is 9.13. The van der Waals surface area contributed by atoms with Gasteiger partial charge in [0.2, 0.25) is 15.9 Å². The van der Waals surface area contributed by atoms with Gasteiger partial charge >= 0.3 is 0 Å². The predicted molar refractivity (Wildman–Crippen MR) is 80.7 cm³/mol. The van der Waals surface area contributed by atoms with E-state index in [4.69, 9.17) is 10.00 Å². The molecule has 1 heterocycles. The number of carbonyl (C=O) groups excluding carboxylic acids is 1. The topological polar surface area (TPSA) is 90.7 Å². The maximum Gasteiger partial charge on any atom is 0.243 e. The van der Waals surface area contributed by atoms with Crippen LogP contribution in [0.25, 0.3) is 0 Å². The Kier molecular flexibility index (Phi) is 5.00. The van der Waals surface area contributed by atoms with Crippen molar-refractivity contribution in [1.29, 1.82) is 5.26 Å². The smallest absolute Gasteiger partial charge is 0.243 e. The molecule has 0 unspecified atom stereocenters. The van der Waals surface area contributed by atoms with E-state index >= 15 is 0 Å². The second-order valence-electron chi connectivity index (χ2n) is 4.89. The van der Waals surface area contributed by atoms with E-state index < -0.39 is 10.0 Å². The molecule has 118 valence electrons. The molecule has 0 radical (unpaired) electrons. The zero-order valence-electron chi connectivity index (χ0n) is 12.2. The molecule has 0 bridgehead atoms. The average Bonchev–Trinajstić information content (AvgIpc) is 2.52. The Morgan fingerprint density at radius 1 is 1.36 bits per heavy atom. The number of amides is 1. The Bertz CT molecular complexity index is 690. The van der Waals surface area contributed by atoms with Crippen molar-refractivity contribution in [3.63, 3.8) is 0 Å². The molecule has 1 aromatic carbocycles. The summed E-state index contributed by atoms with van der Waals surface area (Å²) < 4.78 is 30.2. The van der Waals surface area contributed by atoms with Gasteiger partial charge in [0.15, 0.2) is 0 Å². The quantitative estimate of drug-likeness (QED) is 0.788. The number of ether oxygens (including phenoxy) is 1. The maximum absolute atomic E-state index is 12.3. The van der Waals surface area contributed by atoms with Crippen LogP contribution in [0.4, 0.5) is 5.69 Å². The van der Waals surface area contributed by atoms with Crippen molar-refractivity contribution in [3.8, 4) is 6.07 Å². The number of hydrogen-bond acceptors (Lipinski definition) is 5. The highest BCUT2D eigenvalue weighted by molar-refractivity contribution is 7.92. The molecule has 2 rings (SSSR count). The van der Waals surface area contributed by atoms with Crippen LogP contribution in [0.3, 0.4) is 0 Å². The summed E-state index contributed by atoms with van der Waals surface area (Å²) in [4.78, 5) is 13.9. The van der Waals surface area contributed by atoms with Crippen molar-refractivity contribution < 1.29 is 17.9 Å². The fraction of sp³-hybridized carbons (Fsp3) is 0.429. The fourth-order valence-electron chi connectivity index (χ4n) is 2.20. The van der Waals surface area contributed by atoms with Crippen LogP contribution in [0.2, 0.25) is 0 Å². The van der Waals surface area contributed by atoms with E-state index in [0.29, 0.717) is 26.3 Å². The third-order valence-corrected chi connectivity index (χ3v) is 4.46. The normalized spacial score (nSPS) is 15.2. The van der Waals surface area contributed by atoms with Gasteiger partial charge in [-0.15, -0.1) is 0 Å². The van der Waals surface area contributed by atoms with Gasteiger partial charge in [-0.05, 0) is 12.1 Å². The van der Waals surface area contributed by atoms with E-state index in [-0.39, 0.29) is 23.7 Å². The van der Waals surface area contributed by atoms with Crippen molar-refractivity contribution >= 4 is 21.6 Å². The molecule has 1 aliphatic heterocycles. The molecule has 1 aliphatic rings. The number of hydrogen-bond donors (Lipinski definition) is 0. The standard InChI is InChI=1S/C14H17N3O4S/c1-22(19,20)17(13-5-3-2-4-12(13)10-15)11-14(18)16-6-8-21-9-7-16/h2-5H,6-9,11H2,1H3. The number of benzene rings is 1. The molecular weight excluding hydrogens is 306 g/mol. The number of nitriles is 1. The van der Waals surface area contributed by atoms with Gasteiger partial charge in [-0.2, -0.15) is 5.26 Å². The molecule has 0 aliphatic carbocycles. The van der Waals surface area contributed by atoms with Crippen molar-refractivity contribution in [2.75, 3.05) is 43.4 Å². The number of morpholine rings is 1. The van der Waals surface area contributed by atoms with Crippen LogP contribution in [0.1, 0.15) is 5.56 Å². The van der Waals surface area contributed by atoms with Crippen LogP contribution in [-0.2, 0) is 19.6 Å². The first kappa shape index (κ1) is 16.3. The molecule has 0 N–H and O–H groups in total. The molecule has 7 nitrogen and oxygen atoms in total.